The molecule has 0 fully saturated rings. The van der Waals surface area contributed by atoms with E-state index in [9.17, 15) is 4.79 Å². The highest BCUT2D eigenvalue weighted by molar-refractivity contribution is 5.79. The number of carbonyl (C=O) groups is 1. The van der Waals surface area contributed by atoms with Crippen molar-refractivity contribution in [2.24, 2.45) is 0 Å². The molecule has 1 amide bonds. The number of benzene rings is 1. The van der Waals surface area contributed by atoms with Gasteiger partial charge in [-0.1, -0.05) is 23.4 Å². The second-order valence-corrected chi connectivity index (χ2v) is 5.45. The molecule has 0 unspecified atom stereocenters. The summed E-state index contributed by atoms with van der Waals surface area (Å²) in [4.78, 5) is 16.6. The zero-order valence-electron chi connectivity index (χ0n) is 13.3. The molecule has 4 rings (SSSR count). The minimum Gasteiger partial charge on any atom is -0.350 e. The predicted octanol–water partition coefficient (Wildman–Crippen LogP) is 1.33. The Morgan fingerprint density at radius 1 is 1.08 bits per heavy atom. The summed E-state index contributed by atoms with van der Waals surface area (Å²) in [5, 5.41) is 15.2. The maximum atomic E-state index is 12.3. The van der Waals surface area contributed by atoms with Crippen molar-refractivity contribution in [2.75, 3.05) is 0 Å². The molecule has 0 spiro atoms. The Hall–Kier alpha value is -3.55. The van der Waals surface area contributed by atoms with Gasteiger partial charge in [-0.3, -0.25) is 4.79 Å². The third kappa shape index (κ3) is 3.09. The second kappa shape index (κ2) is 6.52. The van der Waals surface area contributed by atoms with Gasteiger partial charge < -0.3 is 5.32 Å². The van der Waals surface area contributed by atoms with Gasteiger partial charge in [0.2, 0.25) is 5.91 Å². The minimum absolute atomic E-state index is 0.109. The first kappa shape index (κ1) is 15.0. The molecule has 124 valence electrons. The van der Waals surface area contributed by atoms with Gasteiger partial charge in [-0.25, -0.2) is 14.3 Å². The molecule has 0 aliphatic rings. The van der Waals surface area contributed by atoms with Crippen molar-refractivity contribution >= 4 is 16.9 Å². The van der Waals surface area contributed by atoms with E-state index in [0.717, 1.165) is 16.6 Å². The van der Waals surface area contributed by atoms with E-state index < -0.39 is 0 Å². The number of para-hydroxylation sites is 1. The average Bonchev–Trinajstić information content (AvgIpc) is 3.31. The monoisotopic (exact) mass is 333 g/mol. The Kier molecular flexibility index (Phi) is 3.91. The summed E-state index contributed by atoms with van der Waals surface area (Å²) in [7, 11) is 0. The number of hydrogen-bond acceptors (Lipinski definition) is 5. The van der Waals surface area contributed by atoms with Crippen molar-refractivity contribution in [1.29, 1.82) is 0 Å². The molecule has 1 N–H and O–H groups in total. The highest BCUT2D eigenvalue weighted by Crippen LogP contribution is 2.11. The van der Waals surface area contributed by atoms with E-state index in [4.69, 9.17) is 0 Å². The first-order chi connectivity index (χ1) is 12.3. The molecule has 0 radical (unpaired) electrons. The van der Waals surface area contributed by atoms with Gasteiger partial charge in [0.25, 0.3) is 0 Å². The molecule has 4 aromatic rings. The van der Waals surface area contributed by atoms with Crippen molar-refractivity contribution < 1.29 is 4.79 Å². The van der Waals surface area contributed by atoms with E-state index >= 15 is 0 Å². The summed E-state index contributed by atoms with van der Waals surface area (Å²) in [6, 6.07) is 13.1. The summed E-state index contributed by atoms with van der Waals surface area (Å²) in [5.41, 5.74) is 2.47. The maximum absolute atomic E-state index is 12.3. The largest absolute Gasteiger partial charge is 0.350 e. The summed E-state index contributed by atoms with van der Waals surface area (Å²) < 4.78 is 3.26. The van der Waals surface area contributed by atoms with E-state index in [-0.39, 0.29) is 12.5 Å². The van der Waals surface area contributed by atoms with Crippen LogP contribution in [-0.2, 0) is 17.9 Å². The van der Waals surface area contributed by atoms with Gasteiger partial charge in [0.1, 0.15) is 12.1 Å². The molecule has 0 aliphatic carbocycles. The molecular weight excluding hydrogens is 318 g/mol. The summed E-state index contributed by atoms with van der Waals surface area (Å²) in [6.45, 7) is 0.465. The van der Waals surface area contributed by atoms with Crippen molar-refractivity contribution in [2.45, 2.75) is 13.1 Å². The van der Waals surface area contributed by atoms with E-state index in [1.54, 1.807) is 21.8 Å². The van der Waals surface area contributed by atoms with E-state index in [1.165, 1.54) is 0 Å². The number of nitrogens with one attached hydrogen (secondary N) is 1. The van der Waals surface area contributed by atoms with Crippen LogP contribution < -0.4 is 5.32 Å². The standard InChI is InChI=1S/C17H15N7O/c25-16(12-24-15-7-2-1-6-14(15)21-22-24)19-11-13-5-3-8-18-17(13)23-10-4-9-20-23/h1-10H,11-12H2,(H,19,25). The van der Waals surface area contributed by atoms with Crippen molar-refractivity contribution in [3.05, 3.63) is 66.6 Å². The van der Waals surface area contributed by atoms with Gasteiger partial charge in [0.05, 0.1) is 5.52 Å². The smallest absolute Gasteiger partial charge is 0.242 e. The number of pyridine rings is 1. The fourth-order valence-electron chi connectivity index (χ4n) is 2.59. The molecule has 0 saturated carbocycles. The maximum Gasteiger partial charge on any atom is 0.242 e. The Morgan fingerprint density at radius 3 is 2.88 bits per heavy atom. The molecule has 8 nitrogen and oxygen atoms in total. The lowest BCUT2D eigenvalue weighted by Gasteiger charge is -2.10. The number of carbonyl (C=O) groups excluding carboxylic acids is 1. The Bertz CT molecular complexity index is 1010. The van der Waals surface area contributed by atoms with Crippen LogP contribution in [0.1, 0.15) is 5.56 Å². The van der Waals surface area contributed by atoms with E-state index in [0.29, 0.717) is 12.4 Å². The number of aromatic nitrogens is 6. The lowest BCUT2D eigenvalue weighted by Crippen LogP contribution is -2.28. The minimum atomic E-state index is -0.147. The van der Waals surface area contributed by atoms with Crippen LogP contribution in [0.2, 0.25) is 0 Å². The number of fused-ring (bicyclic) bond motifs is 1. The van der Waals surface area contributed by atoms with Crippen LogP contribution in [0.25, 0.3) is 16.9 Å². The molecule has 0 atom stereocenters. The van der Waals surface area contributed by atoms with Crippen LogP contribution in [0.15, 0.2) is 61.1 Å². The van der Waals surface area contributed by atoms with Crippen LogP contribution in [0.4, 0.5) is 0 Å². The van der Waals surface area contributed by atoms with Crippen molar-refractivity contribution in [3.63, 3.8) is 0 Å². The summed E-state index contributed by atoms with van der Waals surface area (Å²) in [5.74, 6) is 0.546. The molecule has 0 aliphatic heterocycles. The number of hydrogen-bond donors (Lipinski definition) is 1. The van der Waals surface area contributed by atoms with Gasteiger partial charge in [-0.05, 0) is 24.3 Å². The summed E-state index contributed by atoms with van der Waals surface area (Å²) >= 11 is 0. The lowest BCUT2D eigenvalue weighted by molar-refractivity contribution is -0.121. The molecule has 1 aromatic carbocycles. The molecular formula is C17H15N7O. The van der Waals surface area contributed by atoms with Crippen molar-refractivity contribution in [3.8, 4) is 5.82 Å². The molecule has 8 heteroatoms. The number of amides is 1. The van der Waals surface area contributed by atoms with Gasteiger partial charge in [-0.2, -0.15) is 5.10 Å². The van der Waals surface area contributed by atoms with Crippen LogP contribution in [0.3, 0.4) is 0 Å². The predicted molar refractivity (Wildman–Crippen MR) is 90.7 cm³/mol. The Balaban J connectivity index is 1.46. The average molecular weight is 333 g/mol. The van der Waals surface area contributed by atoms with Crippen LogP contribution >= 0.6 is 0 Å². The first-order valence-corrected chi connectivity index (χ1v) is 7.80. The SMILES string of the molecule is O=C(Cn1nnc2ccccc21)NCc1cccnc1-n1cccn1. The highest BCUT2D eigenvalue weighted by atomic mass is 16.2. The second-order valence-electron chi connectivity index (χ2n) is 5.45. The van der Waals surface area contributed by atoms with Crippen LogP contribution in [-0.4, -0.2) is 35.7 Å². The zero-order chi connectivity index (χ0) is 17.1. The third-order valence-corrected chi connectivity index (χ3v) is 3.78. The Labute approximate surface area is 143 Å². The lowest BCUT2D eigenvalue weighted by atomic mass is 10.2. The topological polar surface area (TPSA) is 90.5 Å². The summed E-state index contributed by atoms with van der Waals surface area (Å²) in [6.07, 6.45) is 5.20. The fourth-order valence-corrected chi connectivity index (χ4v) is 2.59. The molecule has 0 saturated heterocycles. The van der Waals surface area contributed by atoms with E-state index in [2.05, 4.69) is 25.7 Å². The molecule has 25 heavy (non-hydrogen) atoms. The van der Waals surface area contributed by atoms with Gasteiger partial charge in [0, 0.05) is 30.7 Å². The normalized spacial score (nSPS) is 10.9. The van der Waals surface area contributed by atoms with Gasteiger partial charge in [-0.15, -0.1) is 5.10 Å². The van der Waals surface area contributed by atoms with Crippen molar-refractivity contribution in [1.82, 2.24) is 35.1 Å². The van der Waals surface area contributed by atoms with Gasteiger partial charge >= 0.3 is 0 Å². The molecule has 0 bridgehead atoms. The quantitative estimate of drug-likeness (QED) is 0.595. The number of nitrogens with zero attached hydrogens (tertiary/aromatic N) is 6. The highest BCUT2D eigenvalue weighted by Gasteiger charge is 2.10. The zero-order valence-corrected chi connectivity index (χ0v) is 13.3. The Morgan fingerprint density at radius 2 is 2.00 bits per heavy atom. The van der Waals surface area contributed by atoms with E-state index in [1.807, 2.05) is 48.7 Å². The number of rotatable bonds is 5. The van der Waals surface area contributed by atoms with Gasteiger partial charge in [0.15, 0.2) is 5.82 Å². The fraction of sp³-hybridized carbons (Fsp3) is 0.118. The molecule has 3 heterocycles. The third-order valence-electron chi connectivity index (χ3n) is 3.78. The van der Waals surface area contributed by atoms with Crippen LogP contribution in [0.5, 0.6) is 0 Å². The molecule has 3 aromatic heterocycles. The first-order valence-electron chi connectivity index (χ1n) is 7.80. The van der Waals surface area contributed by atoms with Crippen LogP contribution in [0, 0.1) is 0 Å².